The van der Waals surface area contributed by atoms with Crippen molar-refractivity contribution in [3.8, 4) is 0 Å². The second-order valence-electron chi connectivity index (χ2n) is 2.94. The van der Waals surface area contributed by atoms with E-state index in [2.05, 4.69) is 19.3 Å². The van der Waals surface area contributed by atoms with Gasteiger partial charge in [-0.05, 0) is 25.7 Å². The summed E-state index contributed by atoms with van der Waals surface area (Å²) < 4.78 is 5.55. The maximum atomic E-state index is 5.55. The van der Waals surface area contributed by atoms with Gasteiger partial charge in [0.2, 0.25) is 0 Å². The molecule has 1 radical (unpaired) electrons. The largest absolute Gasteiger partial charge is 0.445 e. The first kappa shape index (κ1) is 15.5. The molecule has 2 unspecified atom stereocenters. The third-order valence-corrected chi connectivity index (χ3v) is 2.45. The number of ether oxygens (including phenoxy) is 1. The molecule has 1 aliphatic carbocycles. The van der Waals surface area contributed by atoms with Gasteiger partial charge < -0.3 is 17.5 Å². The molecule has 0 aromatic carbocycles. The first-order valence-corrected chi connectivity index (χ1v) is 3.93. The third-order valence-electron chi connectivity index (χ3n) is 2.45. The molecule has 1 saturated carbocycles. The second kappa shape index (κ2) is 6.47. The van der Waals surface area contributed by atoms with E-state index in [4.69, 9.17) is 4.74 Å². The van der Waals surface area contributed by atoms with E-state index in [1.165, 1.54) is 6.42 Å². The molecule has 0 bridgehead atoms. The van der Waals surface area contributed by atoms with Crippen LogP contribution in [0, 0.1) is 20.4 Å². The molecular formula is C9H19NOY-2. The van der Waals surface area contributed by atoms with Gasteiger partial charge in [-0.25, -0.2) is 0 Å². The third kappa shape index (κ3) is 2.76. The van der Waals surface area contributed by atoms with Crippen LogP contribution in [0.3, 0.4) is 0 Å². The van der Waals surface area contributed by atoms with Crippen molar-refractivity contribution >= 4 is 0 Å². The SMILES string of the molecule is [CH2-]NC1(OCC)CCC1C.[CH3-].[Y]. The molecule has 12 heavy (non-hydrogen) atoms. The van der Waals surface area contributed by atoms with E-state index in [-0.39, 0.29) is 45.9 Å². The van der Waals surface area contributed by atoms with Gasteiger partial charge in [0.05, 0.1) is 5.72 Å². The van der Waals surface area contributed by atoms with Gasteiger partial charge in [-0.3, -0.25) is 7.05 Å². The summed E-state index contributed by atoms with van der Waals surface area (Å²) in [5.41, 5.74) is -0.0885. The fourth-order valence-corrected chi connectivity index (χ4v) is 1.48. The summed E-state index contributed by atoms with van der Waals surface area (Å²) in [6, 6.07) is 0. The molecule has 0 aliphatic heterocycles. The van der Waals surface area contributed by atoms with Gasteiger partial charge in [0.1, 0.15) is 0 Å². The van der Waals surface area contributed by atoms with Gasteiger partial charge in [-0.2, -0.15) is 0 Å². The van der Waals surface area contributed by atoms with E-state index in [9.17, 15) is 0 Å². The fourth-order valence-electron chi connectivity index (χ4n) is 1.48. The number of hydrogen-bond donors (Lipinski definition) is 1. The maximum Gasteiger partial charge on any atom is 0.0946 e. The number of nitrogens with one attached hydrogen (secondary N) is 1. The summed E-state index contributed by atoms with van der Waals surface area (Å²) in [4.78, 5) is 0. The van der Waals surface area contributed by atoms with Crippen molar-refractivity contribution < 1.29 is 37.4 Å². The van der Waals surface area contributed by atoms with Gasteiger partial charge in [0.25, 0.3) is 0 Å². The van der Waals surface area contributed by atoms with E-state index in [1.54, 1.807) is 0 Å². The van der Waals surface area contributed by atoms with E-state index >= 15 is 0 Å². The van der Waals surface area contributed by atoms with Crippen LogP contribution in [-0.4, -0.2) is 12.3 Å². The molecular weight excluding hydrogens is 227 g/mol. The Bertz CT molecular complexity index is 117. The zero-order chi connectivity index (χ0) is 7.61. The normalized spacial score (nSPS) is 32.8. The maximum absolute atomic E-state index is 5.55. The van der Waals surface area contributed by atoms with Crippen LogP contribution in [0.2, 0.25) is 0 Å². The molecule has 1 aliphatic rings. The van der Waals surface area contributed by atoms with Crippen molar-refractivity contribution in [1.82, 2.24) is 5.32 Å². The van der Waals surface area contributed by atoms with Gasteiger partial charge in [-0.1, -0.05) is 6.92 Å². The zero-order valence-corrected chi connectivity index (χ0v) is 11.2. The molecule has 0 amide bonds. The Balaban J connectivity index is 0. The molecule has 2 atom stereocenters. The Morgan fingerprint density at radius 3 is 2.33 bits per heavy atom. The minimum absolute atomic E-state index is 0. The topological polar surface area (TPSA) is 21.3 Å². The van der Waals surface area contributed by atoms with Crippen molar-refractivity contribution in [2.24, 2.45) is 5.92 Å². The van der Waals surface area contributed by atoms with Gasteiger partial charge in [0.15, 0.2) is 0 Å². The van der Waals surface area contributed by atoms with Crippen LogP contribution in [0.5, 0.6) is 0 Å². The summed E-state index contributed by atoms with van der Waals surface area (Å²) in [7, 11) is 3.67. The van der Waals surface area contributed by atoms with E-state index in [1.807, 2.05) is 6.92 Å². The zero-order valence-electron chi connectivity index (χ0n) is 8.39. The van der Waals surface area contributed by atoms with Gasteiger partial charge in [-0.15, -0.1) is 0 Å². The number of hydrogen-bond acceptors (Lipinski definition) is 2. The van der Waals surface area contributed by atoms with E-state index < -0.39 is 0 Å². The molecule has 2 nitrogen and oxygen atoms in total. The predicted molar refractivity (Wildman–Crippen MR) is 47.7 cm³/mol. The van der Waals surface area contributed by atoms with Crippen LogP contribution < -0.4 is 5.32 Å². The smallest absolute Gasteiger partial charge is 0.0946 e. The molecule has 1 fully saturated rings. The average molecular weight is 246 g/mol. The Morgan fingerprint density at radius 1 is 1.67 bits per heavy atom. The van der Waals surface area contributed by atoms with Crippen LogP contribution in [0.15, 0.2) is 0 Å². The molecule has 1 N–H and O–H groups in total. The summed E-state index contributed by atoms with van der Waals surface area (Å²) in [6.45, 7) is 4.98. The molecule has 3 heteroatoms. The minimum atomic E-state index is -0.0885. The van der Waals surface area contributed by atoms with Crippen molar-refractivity contribution in [1.29, 1.82) is 0 Å². The molecule has 71 valence electrons. The Labute approximate surface area is 102 Å². The quantitative estimate of drug-likeness (QED) is 0.607. The minimum Gasteiger partial charge on any atom is -0.445 e. The van der Waals surface area contributed by atoms with Crippen LogP contribution in [0.25, 0.3) is 0 Å². The fraction of sp³-hybridized carbons (Fsp3) is 0.778. The van der Waals surface area contributed by atoms with Gasteiger partial charge in [0, 0.05) is 39.3 Å². The van der Waals surface area contributed by atoms with Gasteiger partial charge >= 0.3 is 0 Å². The Morgan fingerprint density at radius 2 is 2.25 bits per heavy atom. The summed E-state index contributed by atoms with van der Waals surface area (Å²) >= 11 is 0. The van der Waals surface area contributed by atoms with E-state index in [0.717, 1.165) is 13.0 Å². The van der Waals surface area contributed by atoms with Crippen molar-refractivity contribution in [3.05, 3.63) is 14.5 Å². The molecule has 0 aromatic heterocycles. The van der Waals surface area contributed by atoms with E-state index in [0.29, 0.717) is 5.92 Å². The van der Waals surface area contributed by atoms with Crippen LogP contribution in [0.1, 0.15) is 26.7 Å². The average Bonchev–Trinajstić information content (AvgIpc) is 1.97. The Hall–Kier alpha value is 1.02. The molecule has 0 spiro atoms. The molecule has 0 aromatic rings. The number of rotatable bonds is 3. The van der Waals surface area contributed by atoms with Crippen molar-refractivity contribution in [2.45, 2.75) is 32.4 Å². The molecule has 1 rings (SSSR count). The predicted octanol–water partition coefficient (Wildman–Crippen LogP) is 1.98. The van der Waals surface area contributed by atoms with Crippen molar-refractivity contribution in [3.63, 3.8) is 0 Å². The first-order chi connectivity index (χ1) is 4.75. The standard InChI is InChI=1S/C8H16NO.CH3.Y/c1-4-10-8(9-3)6-5-7(8)2;;/h7,9H,3-6H2,1-2H3;1H3;/q2*-1;. The first-order valence-electron chi connectivity index (χ1n) is 3.93. The van der Waals surface area contributed by atoms with Crippen LogP contribution >= 0.6 is 0 Å². The summed E-state index contributed by atoms with van der Waals surface area (Å²) in [5, 5.41) is 2.99. The molecule has 0 saturated heterocycles. The summed E-state index contributed by atoms with van der Waals surface area (Å²) in [6.07, 6.45) is 2.36. The van der Waals surface area contributed by atoms with Crippen molar-refractivity contribution in [2.75, 3.05) is 6.61 Å². The van der Waals surface area contributed by atoms with Crippen LogP contribution in [0.4, 0.5) is 0 Å². The Kier molecular flexibility index (Phi) is 8.36. The second-order valence-corrected chi connectivity index (χ2v) is 2.94. The van der Waals surface area contributed by atoms with Crippen LogP contribution in [-0.2, 0) is 37.4 Å². The summed E-state index contributed by atoms with van der Waals surface area (Å²) in [5.74, 6) is 0.616. The monoisotopic (exact) mass is 246 g/mol. The molecule has 0 heterocycles.